The van der Waals surface area contributed by atoms with E-state index >= 15 is 0 Å². The number of nitrogens with two attached hydrogens (primary N) is 2. The van der Waals surface area contributed by atoms with Gasteiger partial charge in [-0.25, -0.2) is 24.1 Å². The van der Waals surface area contributed by atoms with Crippen LogP contribution in [0.1, 0.15) is 12.6 Å². The zero-order valence-electron chi connectivity index (χ0n) is 22.7. The number of carbonyl (C=O) groups is 1. The minimum atomic E-state index is -5.57. The maximum atomic E-state index is 12.5. The van der Waals surface area contributed by atoms with Crippen LogP contribution in [0.4, 0.5) is 5.82 Å². The van der Waals surface area contributed by atoms with Gasteiger partial charge in [0.1, 0.15) is 49.0 Å². The summed E-state index contributed by atoms with van der Waals surface area (Å²) in [4.78, 5) is 44.5. The molecule has 10 atom stereocenters. The molecule has 0 radical (unpaired) electrons. The molecule has 11 N–H and O–H groups in total. The number of hydrogen-bond acceptors (Lipinski definition) is 18. The number of carbonyl (C=O) groups excluding carboxylic acids is 1. The summed E-state index contributed by atoms with van der Waals surface area (Å²) in [5.41, 5.74) is 11.3. The highest BCUT2D eigenvalue weighted by molar-refractivity contribution is 7.61. The van der Waals surface area contributed by atoms with Gasteiger partial charge in [0.05, 0.1) is 12.9 Å². The van der Waals surface area contributed by atoms with Crippen molar-refractivity contribution in [3.05, 3.63) is 36.7 Å². The van der Waals surface area contributed by atoms with Crippen LogP contribution in [0.25, 0.3) is 11.2 Å². The number of allylic oxidation sites excluding steroid dienone is 1. The molecule has 2 aromatic rings. The summed E-state index contributed by atoms with van der Waals surface area (Å²) in [5.74, 6) is -3.60. The van der Waals surface area contributed by atoms with E-state index in [1.807, 2.05) is 0 Å². The quantitative estimate of drug-likeness (QED) is 0.104. The lowest BCUT2D eigenvalue weighted by Crippen LogP contribution is -2.46. The highest BCUT2D eigenvalue weighted by atomic mass is 31.3. The van der Waals surface area contributed by atoms with Crippen LogP contribution in [0.2, 0.25) is 0 Å². The maximum Gasteiger partial charge on any atom is 0.481 e. The second-order valence-electron chi connectivity index (χ2n) is 10.1. The van der Waals surface area contributed by atoms with E-state index in [0.717, 1.165) is 17.2 Å². The molecule has 5 heterocycles. The number of nitrogen functional groups attached to an aromatic ring is 1. The molecular formula is C21H29N7O15P2. The Morgan fingerprint density at radius 2 is 1.78 bits per heavy atom. The molecule has 2 aromatic heterocycles. The Hall–Kier alpha value is -2.92. The molecular weight excluding hydrogens is 652 g/mol. The predicted octanol–water partition coefficient (Wildman–Crippen LogP) is -3.37. The van der Waals surface area contributed by atoms with Crippen molar-refractivity contribution in [3.8, 4) is 0 Å². The smallest absolute Gasteiger partial charge is 0.387 e. The molecule has 24 heteroatoms. The summed E-state index contributed by atoms with van der Waals surface area (Å²) in [6.45, 7) is -2.32. The number of imidazole rings is 1. The van der Waals surface area contributed by atoms with Crippen molar-refractivity contribution in [1.29, 1.82) is 0 Å². The lowest BCUT2D eigenvalue weighted by molar-refractivity contribution is -0.251. The Balaban J connectivity index is 1.17. The van der Waals surface area contributed by atoms with Crippen LogP contribution < -0.4 is 11.5 Å². The number of fused-ring (bicyclic) bond motifs is 1. The number of ether oxygens (including phenoxy) is 2. The third kappa shape index (κ3) is 6.80. The molecule has 45 heavy (non-hydrogen) atoms. The number of phosphoric acid groups is 2. The fourth-order valence-corrected chi connectivity index (χ4v) is 6.80. The summed E-state index contributed by atoms with van der Waals surface area (Å²) in [7, 11) is -11.0. The van der Waals surface area contributed by atoms with E-state index in [2.05, 4.69) is 28.3 Å². The minimum absolute atomic E-state index is 0.0144. The summed E-state index contributed by atoms with van der Waals surface area (Å²) in [6.07, 6.45) is -4.90. The zero-order valence-corrected chi connectivity index (χ0v) is 24.5. The summed E-state index contributed by atoms with van der Waals surface area (Å²) in [6, 6.07) is 0. The molecule has 0 saturated carbocycles. The molecule has 22 nitrogen and oxygen atoms in total. The molecule has 0 spiro atoms. The first-order chi connectivity index (χ1) is 21.0. The maximum absolute atomic E-state index is 12.5. The summed E-state index contributed by atoms with van der Waals surface area (Å²) < 4.78 is 50.2. The van der Waals surface area contributed by atoms with Gasteiger partial charge in [-0.2, -0.15) is 4.31 Å². The average Bonchev–Trinajstić information content (AvgIpc) is 3.60. The number of hydrogen-bond donors (Lipinski definition) is 9. The molecule has 0 bridgehead atoms. The molecule has 1 amide bonds. The van der Waals surface area contributed by atoms with Gasteiger partial charge in [-0.3, -0.25) is 18.4 Å². The molecule has 2 fully saturated rings. The molecule has 2 saturated heterocycles. The lowest BCUT2D eigenvalue weighted by atomic mass is 10.1. The highest BCUT2D eigenvalue weighted by Crippen LogP contribution is 2.61. The van der Waals surface area contributed by atoms with Crippen molar-refractivity contribution in [1.82, 2.24) is 24.4 Å². The molecule has 2 unspecified atom stereocenters. The largest absolute Gasteiger partial charge is 0.481 e. The van der Waals surface area contributed by atoms with Crippen molar-refractivity contribution in [2.24, 2.45) is 5.73 Å². The molecule has 0 aromatic carbocycles. The first-order valence-corrected chi connectivity index (χ1v) is 15.8. The first kappa shape index (κ1) is 33.4. The van der Waals surface area contributed by atoms with Crippen LogP contribution >= 0.6 is 15.6 Å². The van der Waals surface area contributed by atoms with Crippen LogP contribution in [-0.4, -0.2) is 121 Å². The summed E-state index contributed by atoms with van der Waals surface area (Å²) in [5, 5.41) is 52.4. The van der Waals surface area contributed by atoms with E-state index < -0.39 is 83.5 Å². The van der Waals surface area contributed by atoms with E-state index in [4.69, 9.17) is 20.9 Å². The predicted molar refractivity (Wildman–Crippen MR) is 143 cm³/mol. The standard InChI is InChI=1S/C21H29N7O15P2/c22-16-11-18(25-7-24-16)28(8-26-11)20-14(31)15(32)21(34,42-20)6-40-45(37,38)43-44(35,36)39-5-10-12(29)13(30)19(41-10)27-3-1-2-9(4-27)17(23)33/h1,3-4,7-8,10,12-15,19-20,29-32,34H,2,5-6H2,(H2,23,33)(H,35,36)(H,37,38)(H2,22,24,25)/t10-,12-,13-,14-,15+,19-,20-,21-/m1/s1. The molecule has 248 valence electrons. The molecule has 5 rings (SSSR count). The Labute approximate surface area is 251 Å². The molecule has 3 aliphatic heterocycles. The number of aliphatic hydroxyl groups excluding tert-OH is 4. The number of rotatable bonds is 11. The minimum Gasteiger partial charge on any atom is -0.387 e. The normalized spacial score (nSPS) is 34.5. The lowest BCUT2D eigenvalue weighted by Gasteiger charge is -2.28. The van der Waals surface area contributed by atoms with Crippen molar-refractivity contribution in [2.45, 2.75) is 55.2 Å². The van der Waals surface area contributed by atoms with Crippen LogP contribution in [-0.2, 0) is 36.8 Å². The molecule has 0 aliphatic carbocycles. The van der Waals surface area contributed by atoms with Gasteiger partial charge in [0.2, 0.25) is 11.7 Å². The summed E-state index contributed by atoms with van der Waals surface area (Å²) >= 11 is 0. The second kappa shape index (κ2) is 12.4. The Morgan fingerprint density at radius 3 is 2.49 bits per heavy atom. The number of aromatic nitrogens is 4. The number of amides is 1. The first-order valence-electron chi connectivity index (χ1n) is 12.8. The number of anilines is 1. The van der Waals surface area contributed by atoms with E-state index in [1.165, 1.54) is 17.3 Å². The van der Waals surface area contributed by atoms with E-state index in [0.29, 0.717) is 0 Å². The highest BCUT2D eigenvalue weighted by Gasteiger charge is 2.56. The second-order valence-corrected chi connectivity index (χ2v) is 13.1. The van der Waals surface area contributed by atoms with Gasteiger partial charge in [-0.15, -0.1) is 0 Å². The van der Waals surface area contributed by atoms with E-state index in [1.54, 1.807) is 6.08 Å². The Kier molecular flexibility index (Phi) is 9.18. The van der Waals surface area contributed by atoms with Gasteiger partial charge in [0.15, 0.2) is 23.9 Å². The number of nitrogens with zero attached hydrogens (tertiary/aromatic N) is 5. The van der Waals surface area contributed by atoms with Crippen molar-refractivity contribution >= 4 is 38.5 Å². The topological polar surface area (TPSA) is 338 Å². The van der Waals surface area contributed by atoms with E-state index in [-0.39, 0.29) is 29.0 Å². The van der Waals surface area contributed by atoms with Crippen LogP contribution in [0.5, 0.6) is 0 Å². The van der Waals surface area contributed by atoms with Gasteiger partial charge < -0.3 is 61.2 Å². The van der Waals surface area contributed by atoms with E-state index in [9.17, 15) is 49.2 Å². The number of aliphatic hydroxyl groups is 5. The Morgan fingerprint density at radius 1 is 1.07 bits per heavy atom. The van der Waals surface area contributed by atoms with Gasteiger partial charge in [0, 0.05) is 18.0 Å². The molecule has 3 aliphatic rings. The fourth-order valence-electron chi connectivity index (χ4n) is 4.70. The third-order valence-corrected chi connectivity index (χ3v) is 9.56. The van der Waals surface area contributed by atoms with Gasteiger partial charge in [-0.1, -0.05) is 6.08 Å². The van der Waals surface area contributed by atoms with Gasteiger partial charge >= 0.3 is 15.6 Å². The SMILES string of the molecule is NC(=O)C1=CN([C@@H]2O[C@H](COP(=O)(O)OP(=O)(O)OC[C@@]3(O)O[C@@H](n4cnc5c(N)ncnc54)[C@H](O)[C@@H]3O)[C@@H](O)[C@H]2O)C=CC1. The van der Waals surface area contributed by atoms with Crippen LogP contribution in [0.3, 0.4) is 0 Å². The zero-order chi connectivity index (χ0) is 32.9. The average molecular weight is 681 g/mol. The van der Waals surface area contributed by atoms with Crippen LogP contribution in [0.15, 0.2) is 36.7 Å². The van der Waals surface area contributed by atoms with Crippen molar-refractivity contribution in [3.63, 3.8) is 0 Å². The van der Waals surface area contributed by atoms with Gasteiger partial charge in [0.25, 0.3) is 0 Å². The van der Waals surface area contributed by atoms with Crippen molar-refractivity contribution < 1.29 is 72.1 Å². The number of primary amides is 1. The Bertz CT molecular complexity index is 1610. The van der Waals surface area contributed by atoms with Gasteiger partial charge in [-0.05, 0) is 6.42 Å². The number of phosphoric ester groups is 2. The van der Waals surface area contributed by atoms with Crippen LogP contribution in [0, 0.1) is 0 Å². The monoisotopic (exact) mass is 681 g/mol. The van der Waals surface area contributed by atoms with Crippen molar-refractivity contribution in [2.75, 3.05) is 18.9 Å². The third-order valence-electron chi connectivity index (χ3n) is 6.97. The fraction of sp³-hybridized carbons (Fsp3) is 0.524.